The molecule has 6 heteroatoms. The number of hydrogen-bond acceptors (Lipinski definition) is 4. The fraction of sp³-hybridized carbons (Fsp3) is 0.333. The molecule has 0 aliphatic rings. The molecule has 112 valence electrons. The topological polar surface area (TPSA) is 47.0 Å². The minimum Gasteiger partial charge on any atom is -0.480 e. The molecule has 0 aliphatic carbocycles. The zero-order valence-corrected chi connectivity index (χ0v) is 13.4. The summed E-state index contributed by atoms with van der Waals surface area (Å²) in [5.41, 5.74) is 1.86. The Balaban J connectivity index is 2.28. The molecule has 0 bridgehead atoms. The summed E-state index contributed by atoms with van der Waals surface area (Å²) >= 11 is 12.0. The SMILES string of the molecule is CCNC(Cc1ccc(Cl)c(Cl)c1)c1nccnc1OC. The van der Waals surface area contributed by atoms with Gasteiger partial charge in [-0.25, -0.2) is 4.98 Å². The fourth-order valence-corrected chi connectivity index (χ4v) is 2.47. The van der Waals surface area contributed by atoms with Crippen LogP contribution in [0, 0.1) is 0 Å². The van der Waals surface area contributed by atoms with Crippen molar-refractivity contribution in [3.63, 3.8) is 0 Å². The molecular weight excluding hydrogens is 309 g/mol. The lowest BCUT2D eigenvalue weighted by Crippen LogP contribution is -2.24. The van der Waals surface area contributed by atoms with Gasteiger partial charge in [0.1, 0.15) is 5.69 Å². The number of nitrogens with zero attached hydrogens (tertiary/aromatic N) is 2. The molecule has 2 rings (SSSR count). The molecule has 0 saturated heterocycles. The van der Waals surface area contributed by atoms with E-state index in [-0.39, 0.29) is 6.04 Å². The van der Waals surface area contributed by atoms with Gasteiger partial charge in [0.25, 0.3) is 0 Å². The van der Waals surface area contributed by atoms with Crippen LogP contribution >= 0.6 is 23.2 Å². The first-order valence-corrected chi connectivity index (χ1v) is 7.43. The van der Waals surface area contributed by atoms with Gasteiger partial charge in [0.15, 0.2) is 0 Å². The maximum atomic E-state index is 6.07. The highest BCUT2D eigenvalue weighted by Crippen LogP contribution is 2.27. The van der Waals surface area contributed by atoms with Crippen LogP contribution in [0.4, 0.5) is 0 Å². The van der Waals surface area contributed by atoms with Crippen molar-refractivity contribution in [2.24, 2.45) is 0 Å². The molecule has 21 heavy (non-hydrogen) atoms. The van der Waals surface area contributed by atoms with Gasteiger partial charge in [-0.3, -0.25) is 4.98 Å². The van der Waals surface area contributed by atoms with Gasteiger partial charge in [0.05, 0.1) is 23.2 Å². The van der Waals surface area contributed by atoms with Crippen molar-refractivity contribution in [1.82, 2.24) is 15.3 Å². The highest BCUT2D eigenvalue weighted by Gasteiger charge is 2.18. The summed E-state index contributed by atoms with van der Waals surface area (Å²) < 4.78 is 5.29. The second-order valence-corrected chi connectivity index (χ2v) is 5.33. The Hall–Kier alpha value is -1.36. The average Bonchev–Trinajstić information content (AvgIpc) is 2.50. The maximum absolute atomic E-state index is 6.07. The zero-order chi connectivity index (χ0) is 15.2. The van der Waals surface area contributed by atoms with E-state index in [0.717, 1.165) is 24.2 Å². The van der Waals surface area contributed by atoms with Crippen LogP contribution in [0.3, 0.4) is 0 Å². The van der Waals surface area contributed by atoms with Crippen LogP contribution in [0.5, 0.6) is 5.88 Å². The third kappa shape index (κ3) is 4.06. The lowest BCUT2D eigenvalue weighted by molar-refractivity contribution is 0.377. The summed E-state index contributed by atoms with van der Waals surface area (Å²) in [5.74, 6) is 0.531. The molecule has 1 unspecified atom stereocenters. The van der Waals surface area contributed by atoms with E-state index in [1.54, 1.807) is 25.6 Å². The summed E-state index contributed by atoms with van der Waals surface area (Å²) in [6.45, 7) is 2.86. The minimum absolute atomic E-state index is 0.00380. The Bertz CT molecular complexity index is 607. The van der Waals surface area contributed by atoms with Crippen LogP contribution in [-0.2, 0) is 6.42 Å². The third-order valence-electron chi connectivity index (χ3n) is 3.09. The van der Waals surface area contributed by atoms with E-state index in [2.05, 4.69) is 15.3 Å². The molecule has 1 aromatic carbocycles. The van der Waals surface area contributed by atoms with Crippen LogP contribution in [0.2, 0.25) is 10.0 Å². The maximum Gasteiger partial charge on any atom is 0.237 e. The lowest BCUT2D eigenvalue weighted by atomic mass is 10.0. The van der Waals surface area contributed by atoms with Gasteiger partial charge in [0.2, 0.25) is 5.88 Å². The number of likely N-dealkylation sites (N-methyl/N-ethyl adjacent to an activating group) is 1. The summed E-state index contributed by atoms with van der Waals surface area (Å²) in [6.07, 6.45) is 4.00. The Morgan fingerprint density at radius 1 is 1.19 bits per heavy atom. The summed E-state index contributed by atoms with van der Waals surface area (Å²) in [7, 11) is 1.59. The molecule has 0 saturated carbocycles. The first-order chi connectivity index (χ1) is 10.2. The molecule has 1 N–H and O–H groups in total. The third-order valence-corrected chi connectivity index (χ3v) is 3.83. The van der Waals surface area contributed by atoms with Crippen LogP contribution in [-0.4, -0.2) is 23.6 Å². The van der Waals surface area contributed by atoms with E-state index < -0.39 is 0 Å². The molecule has 0 aliphatic heterocycles. The van der Waals surface area contributed by atoms with Gasteiger partial charge >= 0.3 is 0 Å². The van der Waals surface area contributed by atoms with Gasteiger partial charge in [-0.05, 0) is 30.7 Å². The number of ether oxygens (including phenoxy) is 1. The molecule has 1 atom stereocenters. The highest BCUT2D eigenvalue weighted by molar-refractivity contribution is 6.42. The van der Waals surface area contributed by atoms with Crippen molar-refractivity contribution in [3.8, 4) is 5.88 Å². The second kappa shape index (κ2) is 7.59. The van der Waals surface area contributed by atoms with Crippen molar-refractivity contribution in [2.45, 2.75) is 19.4 Å². The van der Waals surface area contributed by atoms with E-state index in [0.29, 0.717) is 15.9 Å². The van der Waals surface area contributed by atoms with Crippen LogP contribution < -0.4 is 10.1 Å². The number of hydrogen-bond donors (Lipinski definition) is 1. The first-order valence-electron chi connectivity index (χ1n) is 6.68. The predicted molar refractivity (Wildman–Crippen MR) is 85.2 cm³/mol. The van der Waals surface area contributed by atoms with E-state index in [4.69, 9.17) is 27.9 Å². The Kier molecular flexibility index (Phi) is 5.79. The van der Waals surface area contributed by atoms with E-state index in [1.165, 1.54) is 0 Å². The molecular formula is C15H17Cl2N3O. The largest absolute Gasteiger partial charge is 0.480 e. The average molecular weight is 326 g/mol. The molecule has 2 aromatic rings. The van der Waals surface area contributed by atoms with Crippen LogP contribution in [0.25, 0.3) is 0 Å². The molecule has 0 radical (unpaired) electrons. The monoisotopic (exact) mass is 325 g/mol. The normalized spacial score (nSPS) is 12.2. The van der Waals surface area contributed by atoms with Gasteiger partial charge < -0.3 is 10.1 Å². The smallest absolute Gasteiger partial charge is 0.237 e. The number of halogens is 2. The van der Waals surface area contributed by atoms with Crippen molar-refractivity contribution in [3.05, 3.63) is 51.9 Å². The second-order valence-electron chi connectivity index (χ2n) is 4.51. The van der Waals surface area contributed by atoms with Crippen molar-refractivity contribution < 1.29 is 4.74 Å². The predicted octanol–water partition coefficient (Wildman–Crippen LogP) is 3.69. The lowest BCUT2D eigenvalue weighted by Gasteiger charge is -2.19. The van der Waals surface area contributed by atoms with Crippen molar-refractivity contribution in [1.29, 1.82) is 0 Å². The number of aromatic nitrogens is 2. The highest BCUT2D eigenvalue weighted by atomic mass is 35.5. The number of nitrogens with one attached hydrogen (secondary N) is 1. The first kappa shape index (κ1) is 16.0. The molecule has 1 aromatic heterocycles. The van der Waals surface area contributed by atoms with Gasteiger partial charge in [-0.15, -0.1) is 0 Å². The Morgan fingerprint density at radius 2 is 1.95 bits per heavy atom. The number of benzene rings is 1. The Morgan fingerprint density at radius 3 is 2.62 bits per heavy atom. The summed E-state index contributed by atoms with van der Waals surface area (Å²) in [4.78, 5) is 8.60. The van der Waals surface area contributed by atoms with Gasteiger partial charge in [0, 0.05) is 12.4 Å². The number of methoxy groups -OCH3 is 1. The molecule has 0 fully saturated rings. The van der Waals surface area contributed by atoms with Crippen molar-refractivity contribution in [2.75, 3.05) is 13.7 Å². The molecule has 0 amide bonds. The molecule has 4 nitrogen and oxygen atoms in total. The zero-order valence-electron chi connectivity index (χ0n) is 11.9. The van der Waals surface area contributed by atoms with Crippen molar-refractivity contribution >= 4 is 23.2 Å². The standard InChI is InChI=1S/C15H17Cl2N3O/c1-3-18-13(14-15(21-2)20-7-6-19-14)9-10-4-5-11(16)12(17)8-10/h4-8,13,18H,3,9H2,1-2H3. The summed E-state index contributed by atoms with van der Waals surface area (Å²) in [6, 6.07) is 5.63. The molecule has 0 spiro atoms. The van der Waals surface area contributed by atoms with Gasteiger partial charge in [-0.1, -0.05) is 36.2 Å². The fourth-order valence-electron chi connectivity index (χ4n) is 2.15. The van der Waals surface area contributed by atoms with E-state index in [9.17, 15) is 0 Å². The quantitative estimate of drug-likeness (QED) is 0.879. The minimum atomic E-state index is -0.00380. The Labute approximate surface area is 134 Å². The van der Waals surface area contributed by atoms with Crippen LogP contribution in [0.1, 0.15) is 24.2 Å². The van der Waals surface area contributed by atoms with Gasteiger partial charge in [-0.2, -0.15) is 0 Å². The number of rotatable bonds is 6. The van der Waals surface area contributed by atoms with E-state index in [1.807, 2.05) is 19.1 Å². The van der Waals surface area contributed by atoms with E-state index >= 15 is 0 Å². The van der Waals surface area contributed by atoms with Crippen LogP contribution in [0.15, 0.2) is 30.6 Å². The summed E-state index contributed by atoms with van der Waals surface area (Å²) in [5, 5.41) is 4.50. The molecule has 1 heterocycles.